The minimum absolute atomic E-state index is 0.279. The van der Waals surface area contributed by atoms with E-state index in [0.717, 1.165) is 5.56 Å². The van der Waals surface area contributed by atoms with Crippen LogP contribution in [0.1, 0.15) is 5.56 Å². The summed E-state index contributed by atoms with van der Waals surface area (Å²) in [5, 5.41) is 9.05. The molecular weight excluding hydrogens is 160 g/mol. The molecule has 0 atom stereocenters. The van der Waals surface area contributed by atoms with E-state index in [9.17, 15) is 0 Å². The van der Waals surface area contributed by atoms with E-state index < -0.39 is 0 Å². The van der Waals surface area contributed by atoms with Gasteiger partial charge in [0.2, 0.25) is 0 Å². The zero-order chi connectivity index (χ0) is 8.10. The molecule has 0 aliphatic heterocycles. The van der Waals surface area contributed by atoms with Gasteiger partial charge in [0.25, 0.3) is 0 Å². The average Bonchev–Trinajstić information content (AvgIpc) is 2.01. The van der Waals surface area contributed by atoms with Crippen LogP contribution < -0.4 is 0 Å². The number of hydrogen-bond acceptors (Lipinski definition) is 1. The SMILES string of the molecule is Oc1cccc(C=CCCl)c1. The lowest BCUT2D eigenvalue weighted by Crippen LogP contribution is -1.70. The van der Waals surface area contributed by atoms with Gasteiger partial charge in [-0.15, -0.1) is 11.6 Å². The molecule has 11 heavy (non-hydrogen) atoms. The Morgan fingerprint density at radius 3 is 2.91 bits per heavy atom. The van der Waals surface area contributed by atoms with Crippen molar-refractivity contribution < 1.29 is 5.11 Å². The molecule has 1 rings (SSSR count). The van der Waals surface area contributed by atoms with Crippen LogP contribution >= 0.6 is 11.6 Å². The predicted octanol–water partition coefficient (Wildman–Crippen LogP) is 2.64. The molecule has 0 heterocycles. The van der Waals surface area contributed by atoms with Crippen molar-refractivity contribution in [1.29, 1.82) is 0 Å². The first-order valence-corrected chi connectivity index (χ1v) is 3.88. The summed E-state index contributed by atoms with van der Waals surface area (Å²) >= 11 is 5.44. The highest BCUT2D eigenvalue weighted by Gasteiger charge is 1.87. The summed E-state index contributed by atoms with van der Waals surface area (Å²) < 4.78 is 0. The standard InChI is InChI=1S/C9H9ClO/c10-6-2-4-8-3-1-5-9(11)7-8/h1-5,7,11H,6H2. The number of benzene rings is 1. The number of aromatic hydroxyl groups is 1. The average molecular weight is 169 g/mol. The van der Waals surface area contributed by atoms with E-state index in [1.807, 2.05) is 18.2 Å². The number of hydrogen-bond donors (Lipinski definition) is 1. The van der Waals surface area contributed by atoms with Crippen LogP contribution in [-0.2, 0) is 0 Å². The van der Waals surface area contributed by atoms with Crippen LogP contribution in [0.3, 0.4) is 0 Å². The highest BCUT2D eigenvalue weighted by molar-refractivity contribution is 6.19. The van der Waals surface area contributed by atoms with Gasteiger partial charge in [-0.3, -0.25) is 0 Å². The van der Waals surface area contributed by atoms with E-state index in [2.05, 4.69) is 0 Å². The summed E-state index contributed by atoms with van der Waals surface area (Å²) in [5.41, 5.74) is 0.964. The van der Waals surface area contributed by atoms with Gasteiger partial charge in [0, 0.05) is 5.88 Å². The van der Waals surface area contributed by atoms with Gasteiger partial charge in [0.1, 0.15) is 5.75 Å². The molecule has 0 saturated carbocycles. The third kappa shape index (κ3) is 2.64. The number of phenolic OH excluding ortho intramolecular Hbond substituents is 1. The monoisotopic (exact) mass is 168 g/mol. The number of allylic oxidation sites excluding steroid dienone is 1. The maximum atomic E-state index is 9.05. The molecule has 1 N–H and O–H groups in total. The summed E-state index contributed by atoms with van der Waals surface area (Å²) in [6, 6.07) is 7.02. The molecule has 0 saturated heterocycles. The third-order valence-corrected chi connectivity index (χ3v) is 1.45. The van der Waals surface area contributed by atoms with E-state index >= 15 is 0 Å². The van der Waals surface area contributed by atoms with Crippen LogP contribution in [0.5, 0.6) is 5.75 Å². The van der Waals surface area contributed by atoms with Crippen molar-refractivity contribution in [3.8, 4) is 5.75 Å². The second kappa shape index (κ2) is 4.04. The van der Waals surface area contributed by atoms with Crippen LogP contribution in [0.15, 0.2) is 30.3 Å². The summed E-state index contributed by atoms with van der Waals surface area (Å²) in [5.74, 6) is 0.775. The molecule has 0 aliphatic carbocycles. The van der Waals surface area contributed by atoms with Gasteiger partial charge in [-0.1, -0.05) is 24.3 Å². The van der Waals surface area contributed by atoms with Gasteiger partial charge >= 0.3 is 0 Å². The first kappa shape index (κ1) is 8.15. The van der Waals surface area contributed by atoms with Crippen LogP contribution in [0.2, 0.25) is 0 Å². The van der Waals surface area contributed by atoms with E-state index in [0.29, 0.717) is 5.88 Å². The second-order valence-electron chi connectivity index (χ2n) is 2.15. The molecule has 1 aromatic rings. The Labute approximate surface area is 70.9 Å². The van der Waals surface area contributed by atoms with Crippen molar-refractivity contribution in [1.82, 2.24) is 0 Å². The molecule has 0 bridgehead atoms. The minimum Gasteiger partial charge on any atom is -0.508 e. The van der Waals surface area contributed by atoms with Gasteiger partial charge in [0.15, 0.2) is 0 Å². The molecule has 1 aromatic carbocycles. The lowest BCUT2D eigenvalue weighted by molar-refractivity contribution is 0.475. The van der Waals surface area contributed by atoms with E-state index in [4.69, 9.17) is 16.7 Å². The first-order chi connectivity index (χ1) is 5.33. The minimum atomic E-state index is 0.279. The van der Waals surface area contributed by atoms with E-state index in [1.54, 1.807) is 18.2 Å². The zero-order valence-electron chi connectivity index (χ0n) is 6.00. The summed E-state index contributed by atoms with van der Waals surface area (Å²) in [7, 11) is 0. The van der Waals surface area contributed by atoms with Crippen molar-refractivity contribution in [2.75, 3.05) is 5.88 Å². The molecular formula is C9H9ClO. The lowest BCUT2D eigenvalue weighted by atomic mass is 10.2. The Hall–Kier alpha value is -0.950. The fourth-order valence-electron chi connectivity index (χ4n) is 0.809. The molecule has 0 radical (unpaired) electrons. The van der Waals surface area contributed by atoms with Gasteiger partial charge < -0.3 is 5.11 Å². The predicted molar refractivity (Wildman–Crippen MR) is 47.9 cm³/mol. The van der Waals surface area contributed by atoms with Crippen molar-refractivity contribution in [2.24, 2.45) is 0 Å². The molecule has 0 aromatic heterocycles. The van der Waals surface area contributed by atoms with Crippen LogP contribution in [-0.4, -0.2) is 11.0 Å². The van der Waals surface area contributed by atoms with Gasteiger partial charge in [-0.05, 0) is 17.7 Å². The Balaban J connectivity index is 2.79. The number of alkyl halides is 1. The van der Waals surface area contributed by atoms with Crippen LogP contribution in [0.4, 0.5) is 0 Å². The number of halogens is 1. The normalized spacial score (nSPS) is 10.6. The topological polar surface area (TPSA) is 20.2 Å². The molecule has 0 fully saturated rings. The largest absolute Gasteiger partial charge is 0.508 e. The summed E-state index contributed by atoms with van der Waals surface area (Å²) in [6.07, 6.45) is 3.70. The highest BCUT2D eigenvalue weighted by Crippen LogP contribution is 2.11. The van der Waals surface area contributed by atoms with Crippen molar-refractivity contribution >= 4 is 17.7 Å². The maximum absolute atomic E-state index is 9.05. The molecule has 0 unspecified atom stereocenters. The summed E-state index contributed by atoms with van der Waals surface area (Å²) in [6.45, 7) is 0. The second-order valence-corrected chi connectivity index (χ2v) is 2.46. The quantitative estimate of drug-likeness (QED) is 0.674. The fourth-order valence-corrected chi connectivity index (χ4v) is 0.898. The number of rotatable bonds is 2. The van der Waals surface area contributed by atoms with Crippen LogP contribution in [0, 0.1) is 0 Å². The van der Waals surface area contributed by atoms with Crippen LogP contribution in [0.25, 0.3) is 6.08 Å². The Kier molecular flexibility index (Phi) is 2.99. The highest BCUT2D eigenvalue weighted by atomic mass is 35.5. The molecule has 0 spiro atoms. The third-order valence-electron chi connectivity index (χ3n) is 1.27. The summed E-state index contributed by atoms with van der Waals surface area (Å²) in [4.78, 5) is 0. The Bertz CT molecular complexity index is 255. The van der Waals surface area contributed by atoms with Gasteiger partial charge in [-0.25, -0.2) is 0 Å². The Morgan fingerprint density at radius 2 is 2.27 bits per heavy atom. The van der Waals surface area contributed by atoms with Crippen molar-refractivity contribution in [3.05, 3.63) is 35.9 Å². The zero-order valence-corrected chi connectivity index (χ0v) is 6.75. The molecule has 0 amide bonds. The molecule has 2 heteroatoms. The smallest absolute Gasteiger partial charge is 0.116 e. The van der Waals surface area contributed by atoms with Crippen molar-refractivity contribution in [2.45, 2.75) is 0 Å². The van der Waals surface area contributed by atoms with Gasteiger partial charge in [-0.2, -0.15) is 0 Å². The van der Waals surface area contributed by atoms with Gasteiger partial charge in [0.05, 0.1) is 0 Å². The molecule has 58 valence electrons. The van der Waals surface area contributed by atoms with E-state index in [-0.39, 0.29) is 5.75 Å². The fraction of sp³-hybridized carbons (Fsp3) is 0.111. The first-order valence-electron chi connectivity index (χ1n) is 3.34. The van der Waals surface area contributed by atoms with Crippen molar-refractivity contribution in [3.63, 3.8) is 0 Å². The number of phenols is 1. The maximum Gasteiger partial charge on any atom is 0.116 e. The molecule has 0 aliphatic rings. The van der Waals surface area contributed by atoms with E-state index in [1.165, 1.54) is 0 Å². The lowest BCUT2D eigenvalue weighted by Gasteiger charge is -1.92. The Morgan fingerprint density at radius 1 is 1.45 bits per heavy atom. The molecule has 1 nitrogen and oxygen atoms in total.